The number of alkyl carbamates (subject to hydrolysis) is 1. The van der Waals surface area contributed by atoms with Crippen LogP contribution in [0.4, 0.5) is 10.5 Å². The fourth-order valence-electron chi connectivity index (χ4n) is 4.06. The number of esters is 1. The Hall–Kier alpha value is -4.18. The SMILES string of the molecule is COC(=O)c1ccc(C(NC(=O)OCc2ccccc2)/C(I)=C/[C@@H](C)C(=O)Nc2ccc3ccccc3c2)cc1. The van der Waals surface area contributed by atoms with Gasteiger partial charge >= 0.3 is 12.1 Å². The molecule has 2 amide bonds. The third-order valence-electron chi connectivity index (χ3n) is 6.26. The van der Waals surface area contributed by atoms with E-state index in [0.717, 1.165) is 16.3 Å². The lowest BCUT2D eigenvalue weighted by molar-refractivity contribution is -0.118. The van der Waals surface area contributed by atoms with Gasteiger partial charge in [-0.05, 0) is 68.8 Å². The number of nitrogens with one attached hydrogen (secondary N) is 2. The Morgan fingerprint density at radius 3 is 2.25 bits per heavy atom. The first kappa shape index (κ1) is 28.8. The van der Waals surface area contributed by atoms with Gasteiger partial charge in [-0.25, -0.2) is 9.59 Å². The van der Waals surface area contributed by atoms with Crippen LogP contribution < -0.4 is 10.6 Å². The van der Waals surface area contributed by atoms with Crippen molar-refractivity contribution in [3.8, 4) is 0 Å². The summed E-state index contributed by atoms with van der Waals surface area (Å²) in [7, 11) is 1.32. The van der Waals surface area contributed by atoms with Crippen LogP contribution in [0.1, 0.15) is 34.5 Å². The predicted octanol–water partition coefficient (Wildman–Crippen LogP) is 7.19. The minimum atomic E-state index is -0.610. The average molecular weight is 648 g/mol. The van der Waals surface area contributed by atoms with Gasteiger partial charge in [0.05, 0.1) is 24.6 Å². The van der Waals surface area contributed by atoms with Gasteiger partial charge < -0.3 is 20.1 Å². The molecule has 0 spiro atoms. The van der Waals surface area contributed by atoms with E-state index in [1.807, 2.05) is 72.8 Å². The summed E-state index contributed by atoms with van der Waals surface area (Å²) < 4.78 is 10.9. The first-order chi connectivity index (χ1) is 19.3. The van der Waals surface area contributed by atoms with E-state index < -0.39 is 24.0 Å². The molecule has 204 valence electrons. The Kier molecular flexibility index (Phi) is 9.91. The number of amides is 2. The molecular weight excluding hydrogens is 619 g/mol. The Labute approximate surface area is 246 Å². The molecule has 2 atom stereocenters. The molecule has 0 aliphatic heterocycles. The van der Waals surface area contributed by atoms with Crippen molar-refractivity contribution in [3.63, 3.8) is 0 Å². The molecule has 0 saturated heterocycles. The molecule has 4 aromatic rings. The first-order valence-corrected chi connectivity index (χ1v) is 13.7. The molecular formula is C32H29IN2O5. The number of fused-ring (bicyclic) bond motifs is 1. The Balaban J connectivity index is 1.51. The summed E-state index contributed by atoms with van der Waals surface area (Å²) in [6.07, 6.45) is 1.19. The van der Waals surface area contributed by atoms with Crippen molar-refractivity contribution in [2.75, 3.05) is 12.4 Å². The van der Waals surface area contributed by atoms with Crippen LogP contribution in [0.25, 0.3) is 10.8 Å². The van der Waals surface area contributed by atoms with Gasteiger partial charge in [-0.2, -0.15) is 0 Å². The molecule has 8 heteroatoms. The summed E-state index contributed by atoms with van der Waals surface area (Å²) in [5.74, 6) is -1.14. The molecule has 0 aliphatic carbocycles. The molecule has 0 saturated carbocycles. The normalized spacial score (nSPS) is 12.7. The van der Waals surface area contributed by atoms with Crippen molar-refractivity contribution in [1.29, 1.82) is 0 Å². The van der Waals surface area contributed by atoms with Crippen LogP contribution >= 0.6 is 22.6 Å². The molecule has 0 heterocycles. The van der Waals surface area contributed by atoms with E-state index in [0.29, 0.717) is 20.4 Å². The Morgan fingerprint density at radius 2 is 1.55 bits per heavy atom. The van der Waals surface area contributed by atoms with Gasteiger partial charge in [0.25, 0.3) is 0 Å². The average Bonchev–Trinajstić information content (AvgIpc) is 2.98. The Bertz CT molecular complexity index is 1520. The fraction of sp³-hybridized carbons (Fsp3) is 0.156. The number of hydrogen-bond acceptors (Lipinski definition) is 5. The lowest BCUT2D eigenvalue weighted by atomic mass is 10.0. The smallest absolute Gasteiger partial charge is 0.408 e. The maximum Gasteiger partial charge on any atom is 0.408 e. The minimum Gasteiger partial charge on any atom is -0.465 e. The van der Waals surface area contributed by atoms with Crippen molar-refractivity contribution >= 4 is 57.0 Å². The summed E-state index contributed by atoms with van der Waals surface area (Å²) in [6, 6.07) is 29.2. The molecule has 0 aliphatic rings. The van der Waals surface area contributed by atoms with Gasteiger partial charge in [0, 0.05) is 9.27 Å². The van der Waals surface area contributed by atoms with Gasteiger partial charge in [-0.15, -0.1) is 0 Å². The minimum absolute atomic E-state index is 0.117. The molecule has 1 unspecified atom stereocenters. The van der Waals surface area contributed by atoms with Crippen molar-refractivity contribution in [3.05, 3.63) is 123 Å². The lowest BCUT2D eigenvalue weighted by Gasteiger charge is -2.20. The summed E-state index contributed by atoms with van der Waals surface area (Å²) >= 11 is 2.12. The quantitative estimate of drug-likeness (QED) is 0.148. The summed E-state index contributed by atoms with van der Waals surface area (Å²) in [5, 5.41) is 7.99. The number of rotatable bonds is 9. The van der Waals surface area contributed by atoms with E-state index in [1.54, 1.807) is 37.3 Å². The summed E-state index contributed by atoms with van der Waals surface area (Å²) in [6.45, 7) is 1.91. The van der Waals surface area contributed by atoms with Crippen molar-refractivity contribution in [1.82, 2.24) is 5.32 Å². The van der Waals surface area contributed by atoms with Crippen LogP contribution in [0.15, 0.2) is 107 Å². The monoisotopic (exact) mass is 648 g/mol. The van der Waals surface area contributed by atoms with Crippen molar-refractivity contribution < 1.29 is 23.9 Å². The van der Waals surface area contributed by atoms with Crippen LogP contribution in [0.3, 0.4) is 0 Å². The number of methoxy groups -OCH3 is 1. The largest absolute Gasteiger partial charge is 0.465 e. The number of halogens is 1. The first-order valence-electron chi connectivity index (χ1n) is 12.7. The molecule has 0 fully saturated rings. The van der Waals surface area contributed by atoms with E-state index in [1.165, 1.54) is 7.11 Å². The van der Waals surface area contributed by atoms with Gasteiger partial charge in [0.2, 0.25) is 5.91 Å². The number of benzene rings is 4. The second kappa shape index (κ2) is 13.7. The molecule has 2 N–H and O–H groups in total. The van der Waals surface area contributed by atoms with Crippen LogP contribution in [-0.2, 0) is 20.9 Å². The number of hydrogen-bond donors (Lipinski definition) is 2. The van der Waals surface area contributed by atoms with Crippen LogP contribution in [0, 0.1) is 5.92 Å². The highest BCUT2D eigenvalue weighted by atomic mass is 127. The summed E-state index contributed by atoms with van der Waals surface area (Å²) in [4.78, 5) is 37.7. The van der Waals surface area contributed by atoms with Gasteiger partial charge in [-0.3, -0.25) is 4.79 Å². The van der Waals surface area contributed by atoms with E-state index in [2.05, 4.69) is 33.2 Å². The molecule has 4 aromatic carbocycles. The number of carbonyl (C=O) groups excluding carboxylic acids is 3. The van der Waals surface area contributed by atoms with Crippen LogP contribution in [0.2, 0.25) is 0 Å². The zero-order valence-electron chi connectivity index (χ0n) is 22.1. The highest BCUT2D eigenvalue weighted by Crippen LogP contribution is 2.29. The van der Waals surface area contributed by atoms with Crippen molar-refractivity contribution in [2.24, 2.45) is 5.92 Å². The molecule has 0 aromatic heterocycles. The predicted molar refractivity (Wildman–Crippen MR) is 164 cm³/mol. The zero-order valence-corrected chi connectivity index (χ0v) is 24.3. The summed E-state index contributed by atoms with van der Waals surface area (Å²) in [5.41, 5.74) is 2.67. The topological polar surface area (TPSA) is 93.7 Å². The van der Waals surface area contributed by atoms with Crippen LogP contribution in [-0.4, -0.2) is 25.1 Å². The van der Waals surface area contributed by atoms with E-state index in [4.69, 9.17) is 9.47 Å². The molecule has 0 bridgehead atoms. The lowest BCUT2D eigenvalue weighted by Crippen LogP contribution is -2.30. The van der Waals surface area contributed by atoms with Gasteiger partial charge in [-0.1, -0.05) is 85.8 Å². The third kappa shape index (κ3) is 7.69. The molecule has 40 heavy (non-hydrogen) atoms. The highest BCUT2D eigenvalue weighted by molar-refractivity contribution is 14.1. The molecule has 4 rings (SSSR count). The van der Waals surface area contributed by atoms with E-state index >= 15 is 0 Å². The third-order valence-corrected chi connectivity index (χ3v) is 7.24. The zero-order chi connectivity index (χ0) is 28.5. The maximum atomic E-state index is 13.1. The Morgan fingerprint density at radius 1 is 0.875 bits per heavy atom. The number of carbonyl (C=O) groups is 3. The number of anilines is 1. The van der Waals surface area contributed by atoms with Crippen molar-refractivity contribution in [2.45, 2.75) is 19.6 Å². The molecule has 0 radical (unpaired) electrons. The van der Waals surface area contributed by atoms with E-state index in [-0.39, 0.29) is 12.5 Å². The van der Waals surface area contributed by atoms with Gasteiger partial charge in [0.15, 0.2) is 0 Å². The van der Waals surface area contributed by atoms with Gasteiger partial charge in [0.1, 0.15) is 6.61 Å². The standard InChI is InChI=1S/C32H29IN2O5/c1-21(30(36)34-27-17-16-23-10-6-7-11-26(23)19-27)18-28(33)29(24-12-14-25(15-13-24)31(37)39-2)35-32(38)40-20-22-8-4-3-5-9-22/h3-19,21,29H,20H2,1-2H3,(H,34,36)(H,35,38)/b28-18-/t21-,29?/m1/s1. The molecule has 7 nitrogen and oxygen atoms in total. The maximum absolute atomic E-state index is 13.1. The number of ether oxygens (including phenoxy) is 2. The van der Waals surface area contributed by atoms with E-state index in [9.17, 15) is 14.4 Å². The highest BCUT2D eigenvalue weighted by Gasteiger charge is 2.22. The second-order valence-corrected chi connectivity index (χ2v) is 10.4. The second-order valence-electron chi connectivity index (χ2n) is 9.14. The fourth-order valence-corrected chi connectivity index (χ4v) is 5.11. The van der Waals surface area contributed by atoms with Crippen LogP contribution in [0.5, 0.6) is 0 Å².